The molecule has 0 aliphatic heterocycles. The molecule has 1 N–H and O–H groups in total. The van der Waals surface area contributed by atoms with Crippen molar-refractivity contribution >= 4 is 40.8 Å². The summed E-state index contributed by atoms with van der Waals surface area (Å²) >= 11 is 12.2. The molecule has 6 heteroatoms. The summed E-state index contributed by atoms with van der Waals surface area (Å²) in [6, 6.07) is 11.9. The molecule has 0 heterocycles. The maximum atomic E-state index is 12.1. The predicted octanol–water partition coefficient (Wildman–Crippen LogP) is 4.74. The van der Waals surface area contributed by atoms with Crippen LogP contribution >= 0.6 is 23.2 Å². The van der Waals surface area contributed by atoms with Crippen molar-refractivity contribution < 1.29 is 14.3 Å². The van der Waals surface area contributed by atoms with E-state index in [0.29, 0.717) is 34.3 Å². The van der Waals surface area contributed by atoms with E-state index in [-0.39, 0.29) is 12.3 Å². The lowest BCUT2D eigenvalue weighted by Crippen LogP contribution is -2.13. The average Bonchev–Trinajstić information content (AvgIpc) is 2.55. The minimum Gasteiger partial charge on any atom is -0.462 e. The Kier molecular flexibility index (Phi) is 6.64. The molecule has 2 rings (SSSR count). The Balaban J connectivity index is 1.97. The topological polar surface area (TPSA) is 55.4 Å². The van der Waals surface area contributed by atoms with Crippen molar-refractivity contribution in [1.82, 2.24) is 0 Å². The van der Waals surface area contributed by atoms with Crippen LogP contribution in [0, 0.1) is 0 Å². The summed E-state index contributed by atoms with van der Waals surface area (Å²) in [5, 5.41) is 3.84. The van der Waals surface area contributed by atoms with Crippen LogP contribution in [0.2, 0.25) is 10.0 Å². The second kappa shape index (κ2) is 8.71. The van der Waals surface area contributed by atoms with Crippen LogP contribution in [-0.4, -0.2) is 18.5 Å². The van der Waals surface area contributed by atoms with Crippen LogP contribution in [0.15, 0.2) is 42.5 Å². The highest BCUT2D eigenvalue weighted by Gasteiger charge is 2.11. The Labute approximate surface area is 150 Å². The van der Waals surface area contributed by atoms with Crippen LogP contribution in [-0.2, 0) is 16.0 Å². The Hall–Kier alpha value is -2.04. The van der Waals surface area contributed by atoms with Gasteiger partial charge >= 0.3 is 5.97 Å². The van der Waals surface area contributed by atoms with Crippen LogP contribution in [0.4, 0.5) is 5.69 Å². The molecule has 126 valence electrons. The number of halogens is 2. The molecule has 0 aliphatic rings. The van der Waals surface area contributed by atoms with Crippen LogP contribution in [0.25, 0.3) is 0 Å². The molecule has 0 aromatic heterocycles. The van der Waals surface area contributed by atoms with E-state index in [9.17, 15) is 9.59 Å². The van der Waals surface area contributed by atoms with Crippen LogP contribution in [0.3, 0.4) is 0 Å². The largest absolute Gasteiger partial charge is 0.462 e. The first-order valence-corrected chi connectivity index (χ1v) is 8.26. The fraction of sp³-hybridized carbons (Fsp3) is 0.222. The first kappa shape index (κ1) is 18.3. The van der Waals surface area contributed by atoms with E-state index in [1.807, 2.05) is 0 Å². The summed E-state index contributed by atoms with van der Waals surface area (Å²) in [6.45, 7) is 2.04. The van der Waals surface area contributed by atoms with E-state index >= 15 is 0 Å². The van der Waals surface area contributed by atoms with Crippen molar-refractivity contribution in [1.29, 1.82) is 0 Å². The first-order chi connectivity index (χ1) is 11.5. The lowest BCUT2D eigenvalue weighted by molar-refractivity contribution is -0.116. The van der Waals surface area contributed by atoms with Gasteiger partial charge in [0.1, 0.15) is 0 Å². The van der Waals surface area contributed by atoms with Crippen LogP contribution < -0.4 is 5.32 Å². The standard InChI is InChI=1S/C18H17Cl2NO3/c1-2-24-18(23)12-5-3-6-13(11-12)21-17(22)10-9-14-15(19)7-4-8-16(14)20/h3-8,11H,2,9-10H2,1H3,(H,21,22). The van der Waals surface area contributed by atoms with Crippen molar-refractivity contribution in [3.05, 3.63) is 63.6 Å². The Morgan fingerprint density at radius 1 is 1.08 bits per heavy atom. The highest BCUT2D eigenvalue weighted by molar-refractivity contribution is 6.36. The van der Waals surface area contributed by atoms with Crippen molar-refractivity contribution in [3.63, 3.8) is 0 Å². The summed E-state index contributed by atoms with van der Waals surface area (Å²) in [5.41, 5.74) is 1.68. The average molecular weight is 366 g/mol. The molecular weight excluding hydrogens is 349 g/mol. The normalized spacial score (nSPS) is 10.3. The van der Waals surface area contributed by atoms with E-state index in [1.54, 1.807) is 49.4 Å². The molecule has 2 aromatic carbocycles. The number of hydrogen-bond donors (Lipinski definition) is 1. The lowest BCUT2D eigenvalue weighted by atomic mass is 10.1. The second-order valence-corrected chi connectivity index (χ2v) is 5.86. The third kappa shape index (κ3) is 4.98. The molecule has 4 nitrogen and oxygen atoms in total. The van der Waals surface area contributed by atoms with Crippen LogP contribution in [0.1, 0.15) is 29.3 Å². The van der Waals surface area contributed by atoms with E-state index in [0.717, 1.165) is 5.56 Å². The minimum absolute atomic E-state index is 0.188. The smallest absolute Gasteiger partial charge is 0.338 e. The molecule has 0 saturated heterocycles. The number of nitrogens with one attached hydrogen (secondary N) is 1. The van der Waals surface area contributed by atoms with Crippen LogP contribution in [0.5, 0.6) is 0 Å². The fourth-order valence-electron chi connectivity index (χ4n) is 2.17. The molecule has 0 bridgehead atoms. The van der Waals surface area contributed by atoms with Gasteiger partial charge in [-0.15, -0.1) is 0 Å². The molecule has 24 heavy (non-hydrogen) atoms. The molecule has 0 unspecified atom stereocenters. The van der Waals surface area contributed by atoms with Gasteiger partial charge in [-0.3, -0.25) is 4.79 Å². The minimum atomic E-state index is -0.420. The number of carbonyl (C=O) groups is 2. The lowest BCUT2D eigenvalue weighted by Gasteiger charge is -2.09. The fourth-order valence-corrected chi connectivity index (χ4v) is 2.76. The SMILES string of the molecule is CCOC(=O)c1cccc(NC(=O)CCc2c(Cl)cccc2Cl)c1. The third-order valence-corrected chi connectivity index (χ3v) is 4.03. The third-order valence-electron chi connectivity index (χ3n) is 3.32. The maximum absolute atomic E-state index is 12.1. The molecule has 0 radical (unpaired) electrons. The summed E-state index contributed by atoms with van der Waals surface area (Å²) < 4.78 is 4.94. The Morgan fingerprint density at radius 2 is 1.75 bits per heavy atom. The van der Waals surface area contributed by atoms with Gasteiger partial charge in [0.25, 0.3) is 0 Å². The number of benzene rings is 2. The van der Waals surface area contributed by atoms with Crippen molar-refractivity contribution in [2.45, 2.75) is 19.8 Å². The van der Waals surface area contributed by atoms with Gasteiger partial charge in [-0.25, -0.2) is 4.79 Å². The zero-order valence-corrected chi connectivity index (χ0v) is 14.7. The molecule has 0 fully saturated rings. The zero-order valence-electron chi connectivity index (χ0n) is 13.1. The number of hydrogen-bond acceptors (Lipinski definition) is 3. The Morgan fingerprint density at radius 3 is 2.42 bits per heavy atom. The van der Waals surface area contributed by atoms with Gasteiger partial charge < -0.3 is 10.1 Å². The van der Waals surface area contributed by atoms with E-state index in [1.165, 1.54) is 0 Å². The summed E-state index contributed by atoms with van der Waals surface area (Å²) in [6.07, 6.45) is 0.662. The molecule has 0 spiro atoms. The Bertz CT molecular complexity index is 727. The summed E-state index contributed by atoms with van der Waals surface area (Å²) in [4.78, 5) is 23.8. The van der Waals surface area contributed by atoms with Gasteiger partial charge in [0.2, 0.25) is 5.91 Å². The monoisotopic (exact) mass is 365 g/mol. The predicted molar refractivity (Wildman–Crippen MR) is 95.8 cm³/mol. The molecule has 2 aromatic rings. The highest BCUT2D eigenvalue weighted by atomic mass is 35.5. The number of rotatable bonds is 6. The van der Waals surface area contributed by atoms with E-state index in [2.05, 4.69) is 5.32 Å². The molecular formula is C18H17Cl2NO3. The number of anilines is 1. The number of amides is 1. The summed E-state index contributed by atoms with van der Waals surface area (Å²) in [7, 11) is 0. The van der Waals surface area contributed by atoms with Gasteiger partial charge in [-0.2, -0.15) is 0 Å². The number of esters is 1. The number of ether oxygens (including phenoxy) is 1. The van der Waals surface area contributed by atoms with Crippen molar-refractivity contribution in [2.75, 3.05) is 11.9 Å². The number of carbonyl (C=O) groups excluding carboxylic acids is 2. The van der Waals surface area contributed by atoms with Gasteiger partial charge in [-0.05, 0) is 49.2 Å². The van der Waals surface area contributed by atoms with Gasteiger partial charge in [-0.1, -0.05) is 35.3 Å². The molecule has 0 saturated carbocycles. The van der Waals surface area contributed by atoms with E-state index < -0.39 is 5.97 Å². The highest BCUT2D eigenvalue weighted by Crippen LogP contribution is 2.25. The zero-order chi connectivity index (χ0) is 17.5. The van der Waals surface area contributed by atoms with Crippen molar-refractivity contribution in [2.24, 2.45) is 0 Å². The molecule has 1 amide bonds. The molecule has 0 atom stereocenters. The van der Waals surface area contributed by atoms with Gasteiger partial charge in [0.15, 0.2) is 0 Å². The summed E-state index contributed by atoms with van der Waals surface area (Å²) in [5.74, 6) is -0.608. The van der Waals surface area contributed by atoms with Gasteiger partial charge in [0.05, 0.1) is 12.2 Å². The quantitative estimate of drug-likeness (QED) is 0.752. The van der Waals surface area contributed by atoms with Crippen molar-refractivity contribution in [3.8, 4) is 0 Å². The second-order valence-electron chi connectivity index (χ2n) is 5.05. The van der Waals surface area contributed by atoms with E-state index in [4.69, 9.17) is 27.9 Å². The first-order valence-electron chi connectivity index (χ1n) is 7.51. The molecule has 0 aliphatic carbocycles. The van der Waals surface area contributed by atoms with Gasteiger partial charge in [0, 0.05) is 22.2 Å². The maximum Gasteiger partial charge on any atom is 0.338 e.